The Morgan fingerprint density at radius 2 is 1.63 bits per heavy atom. The summed E-state index contributed by atoms with van der Waals surface area (Å²) in [5, 5.41) is 23.2. The van der Waals surface area contributed by atoms with Gasteiger partial charge < -0.3 is 20.8 Å². The average molecular weight is 272 g/mol. The Morgan fingerprint density at radius 1 is 1.16 bits per heavy atom. The van der Waals surface area contributed by atoms with Gasteiger partial charge in [0, 0.05) is 6.54 Å². The molecule has 0 spiro atoms. The van der Waals surface area contributed by atoms with Gasteiger partial charge in [0.2, 0.25) is 0 Å². The van der Waals surface area contributed by atoms with Crippen LogP contribution in [0.3, 0.4) is 0 Å². The van der Waals surface area contributed by atoms with E-state index >= 15 is 0 Å². The van der Waals surface area contributed by atoms with Gasteiger partial charge in [-0.15, -0.1) is 0 Å². The first-order valence-electron chi connectivity index (χ1n) is 6.40. The van der Waals surface area contributed by atoms with E-state index in [2.05, 4.69) is 38.3 Å². The van der Waals surface area contributed by atoms with Crippen LogP contribution in [0.4, 0.5) is 4.79 Å². The molecule has 0 aromatic carbocycles. The van der Waals surface area contributed by atoms with Crippen LogP contribution in [-0.4, -0.2) is 40.9 Å². The second-order valence-corrected chi connectivity index (χ2v) is 6.64. The normalized spacial score (nSPS) is 23.3. The summed E-state index contributed by atoms with van der Waals surface area (Å²) < 4.78 is 0. The van der Waals surface area contributed by atoms with Crippen LogP contribution in [0.15, 0.2) is 0 Å². The van der Waals surface area contributed by atoms with Gasteiger partial charge in [0.05, 0.1) is 6.54 Å². The molecule has 1 saturated carbocycles. The fraction of sp³-hybridized carbons (Fsp3) is 0.846. The highest BCUT2D eigenvalue weighted by Crippen LogP contribution is 2.67. The zero-order chi connectivity index (χ0) is 15.1. The fourth-order valence-electron chi connectivity index (χ4n) is 2.43. The third-order valence-corrected chi connectivity index (χ3v) is 4.84. The number of carboxylic acids is 1. The molecule has 1 fully saturated rings. The predicted octanol–water partition coefficient (Wildman–Crippen LogP) is 0.803. The number of urea groups is 1. The molecule has 6 nitrogen and oxygen atoms in total. The van der Waals surface area contributed by atoms with Crippen molar-refractivity contribution in [3.63, 3.8) is 0 Å². The Hall–Kier alpha value is -1.30. The highest BCUT2D eigenvalue weighted by molar-refractivity contribution is 5.79. The van der Waals surface area contributed by atoms with Crippen molar-refractivity contribution in [2.75, 3.05) is 13.1 Å². The fourth-order valence-corrected chi connectivity index (χ4v) is 2.43. The van der Waals surface area contributed by atoms with Crippen molar-refractivity contribution in [3.8, 4) is 0 Å². The molecule has 0 aromatic rings. The standard InChI is InChI=1S/C13H24N2O4/c1-11(2)8(12(11,3)4)6-14-10(18)15-7-13(5,19)9(16)17/h8,19H,6-7H2,1-5H3,(H,16,17)(H2,14,15,18). The Balaban J connectivity index is 2.33. The molecule has 0 aromatic heterocycles. The number of carboxylic acid groups (broad SMARTS) is 1. The topological polar surface area (TPSA) is 98.7 Å². The average Bonchev–Trinajstić information content (AvgIpc) is 2.64. The molecule has 0 heterocycles. The van der Waals surface area contributed by atoms with Gasteiger partial charge >= 0.3 is 12.0 Å². The third-order valence-electron chi connectivity index (χ3n) is 4.84. The second-order valence-electron chi connectivity index (χ2n) is 6.64. The SMILES string of the molecule is CC(O)(CNC(=O)NCC1C(C)(C)C1(C)C)C(=O)O. The van der Waals surface area contributed by atoms with Crippen LogP contribution in [0, 0.1) is 16.7 Å². The molecule has 4 N–H and O–H groups in total. The lowest BCUT2D eigenvalue weighted by atomic mass is 10.0. The first kappa shape index (κ1) is 15.8. The van der Waals surface area contributed by atoms with E-state index in [1.54, 1.807) is 0 Å². The molecular formula is C13H24N2O4. The van der Waals surface area contributed by atoms with Gasteiger partial charge in [-0.25, -0.2) is 9.59 Å². The number of hydrogen-bond acceptors (Lipinski definition) is 3. The summed E-state index contributed by atoms with van der Waals surface area (Å²) in [5.74, 6) is -0.969. The molecule has 110 valence electrons. The van der Waals surface area contributed by atoms with Gasteiger partial charge in [-0.1, -0.05) is 27.7 Å². The molecule has 0 radical (unpaired) electrons. The van der Waals surface area contributed by atoms with Crippen molar-refractivity contribution >= 4 is 12.0 Å². The van der Waals surface area contributed by atoms with Crippen molar-refractivity contribution in [2.24, 2.45) is 16.7 Å². The summed E-state index contributed by atoms with van der Waals surface area (Å²) in [6, 6.07) is -0.458. The molecule has 19 heavy (non-hydrogen) atoms. The van der Waals surface area contributed by atoms with E-state index in [1.807, 2.05) is 0 Å². The Labute approximate surface area is 113 Å². The van der Waals surface area contributed by atoms with E-state index in [9.17, 15) is 14.7 Å². The number of nitrogens with one attached hydrogen (secondary N) is 2. The smallest absolute Gasteiger partial charge is 0.337 e. The van der Waals surface area contributed by atoms with Crippen molar-refractivity contribution in [2.45, 2.75) is 40.2 Å². The molecule has 2 amide bonds. The van der Waals surface area contributed by atoms with Gasteiger partial charge in [0.15, 0.2) is 5.60 Å². The van der Waals surface area contributed by atoms with E-state index in [1.165, 1.54) is 0 Å². The van der Waals surface area contributed by atoms with Crippen molar-refractivity contribution in [3.05, 3.63) is 0 Å². The lowest BCUT2D eigenvalue weighted by molar-refractivity contribution is -0.155. The summed E-state index contributed by atoms with van der Waals surface area (Å²) in [5.41, 5.74) is -1.57. The first-order chi connectivity index (χ1) is 8.43. The van der Waals surface area contributed by atoms with Gasteiger partial charge in [-0.2, -0.15) is 0 Å². The quantitative estimate of drug-likeness (QED) is 0.595. The van der Waals surface area contributed by atoms with Crippen molar-refractivity contribution in [1.29, 1.82) is 0 Å². The third kappa shape index (κ3) is 3.00. The van der Waals surface area contributed by atoms with E-state index in [4.69, 9.17) is 5.11 Å². The molecule has 6 heteroatoms. The predicted molar refractivity (Wildman–Crippen MR) is 70.7 cm³/mol. The van der Waals surface area contributed by atoms with Gasteiger partial charge in [-0.05, 0) is 23.7 Å². The summed E-state index contributed by atoms with van der Waals surface area (Å²) in [7, 11) is 0. The molecule has 1 unspecified atom stereocenters. The number of amides is 2. The van der Waals surface area contributed by atoms with E-state index in [0.29, 0.717) is 12.5 Å². The second kappa shape index (κ2) is 4.67. The number of rotatable bonds is 5. The summed E-state index contributed by atoms with van der Waals surface area (Å²) in [4.78, 5) is 22.2. The van der Waals surface area contributed by atoms with Gasteiger partial charge in [0.1, 0.15) is 0 Å². The minimum absolute atomic E-state index is 0.187. The van der Waals surface area contributed by atoms with Crippen molar-refractivity contribution in [1.82, 2.24) is 10.6 Å². The maximum atomic E-state index is 11.5. The highest BCUT2D eigenvalue weighted by Gasteiger charge is 2.64. The molecule has 1 atom stereocenters. The van der Waals surface area contributed by atoms with Crippen LogP contribution in [-0.2, 0) is 4.79 Å². The Bertz CT molecular complexity index is 374. The summed E-state index contributed by atoms with van der Waals surface area (Å²) >= 11 is 0. The van der Waals surface area contributed by atoms with Crippen molar-refractivity contribution < 1.29 is 19.8 Å². The number of aliphatic carboxylic acids is 1. The molecule has 0 saturated heterocycles. The maximum Gasteiger partial charge on any atom is 0.337 e. The zero-order valence-corrected chi connectivity index (χ0v) is 12.2. The molecular weight excluding hydrogens is 248 g/mol. The minimum atomic E-state index is -1.95. The molecule has 0 bridgehead atoms. The van der Waals surface area contributed by atoms with Gasteiger partial charge in [-0.3, -0.25) is 0 Å². The van der Waals surface area contributed by atoms with Crippen LogP contribution < -0.4 is 10.6 Å². The maximum absolute atomic E-state index is 11.5. The Kier molecular flexibility index (Phi) is 3.87. The zero-order valence-electron chi connectivity index (χ0n) is 12.2. The lowest BCUT2D eigenvalue weighted by Crippen LogP contribution is -2.49. The minimum Gasteiger partial charge on any atom is -0.479 e. The van der Waals surface area contributed by atoms with Crippen LogP contribution >= 0.6 is 0 Å². The lowest BCUT2D eigenvalue weighted by Gasteiger charge is -2.18. The first-order valence-corrected chi connectivity index (χ1v) is 6.40. The van der Waals surface area contributed by atoms with Gasteiger partial charge in [0.25, 0.3) is 0 Å². The summed E-state index contributed by atoms with van der Waals surface area (Å²) in [6.07, 6.45) is 0. The van der Waals surface area contributed by atoms with Crippen LogP contribution in [0.25, 0.3) is 0 Å². The molecule has 1 aliphatic carbocycles. The number of carbonyl (C=O) groups excluding carboxylic acids is 1. The molecule has 1 rings (SSSR count). The Morgan fingerprint density at radius 3 is 2.00 bits per heavy atom. The largest absolute Gasteiger partial charge is 0.479 e. The van der Waals surface area contributed by atoms with E-state index in [0.717, 1.165) is 6.92 Å². The van der Waals surface area contributed by atoms with Crippen LogP contribution in [0.2, 0.25) is 0 Å². The number of aliphatic hydroxyl groups is 1. The van der Waals surface area contributed by atoms with Crippen LogP contribution in [0.5, 0.6) is 0 Å². The number of carbonyl (C=O) groups is 2. The molecule has 0 aliphatic heterocycles. The van der Waals surface area contributed by atoms with E-state index in [-0.39, 0.29) is 17.4 Å². The molecule has 1 aliphatic rings. The summed E-state index contributed by atoms with van der Waals surface area (Å²) in [6.45, 7) is 9.99. The van der Waals surface area contributed by atoms with Crippen LogP contribution in [0.1, 0.15) is 34.6 Å². The number of hydrogen-bond donors (Lipinski definition) is 4. The van der Waals surface area contributed by atoms with E-state index < -0.39 is 17.6 Å². The highest BCUT2D eigenvalue weighted by atomic mass is 16.4. The monoisotopic (exact) mass is 272 g/mol.